The summed E-state index contributed by atoms with van der Waals surface area (Å²) in [6.07, 6.45) is 1.12. The molecule has 0 aliphatic carbocycles. The Morgan fingerprint density at radius 3 is 2.59 bits per heavy atom. The fourth-order valence-corrected chi connectivity index (χ4v) is 5.51. The Morgan fingerprint density at radius 1 is 1.23 bits per heavy atom. The van der Waals surface area contributed by atoms with Gasteiger partial charge in [-0.3, -0.25) is 14.2 Å². The van der Waals surface area contributed by atoms with Crippen LogP contribution in [0.3, 0.4) is 0 Å². The number of benzene rings is 2. The zero-order valence-corrected chi connectivity index (χ0v) is 21.9. The SMILES string of the molecule is NC(=O)c1ccc(C(CN2CC[C@@H](O)C2)S(=O)(=O)O)c(-c2cnc(N)c(OCc3c(F)ccc(F)c3Cl)c2)c1. The number of aliphatic hydroxyl groups is 1. The first-order valence-electron chi connectivity index (χ1n) is 11.7. The molecular formula is C25H25ClF2N4O6S. The van der Waals surface area contributed by atoms with E-state index in [9.17, 15) is 31.7 Å². The van der Waals surface area contributed by atoms with Gasteiger partial charge in [-0.2, -0.15) is 8.42 Å². The summed E-state index contributed by atoms with van der Waals surface area (Å²) in [5.74, 6) is -2.61. The van der Waals surface area contributed by atoms with Crippen LogP contribution in [0.25, 0.3) is 11.1 Å². The lowest BCUT2D eigenvalue weighted by atomic mass is 9.95. The molecule has 6 N–H and O–H groups in total. The van der Waals surface area contributed by atoms with Crippen LogP contribution in [0.4, 0.5) is 14.6 Å². The quantitative estimate of drug-likeness (QED) is 0.219. The van der Waals surface area contributed by atoms with E-state index >= 15 is 0 Å². The van der Waals surface area contributed by atoms with Gasteiger partial charge in [0.1, 0.15) is 23.5 Å². The molecule has 0 radical (unpaired) electrons. The summed E-state index contributed by atoms with van der Waals surface area (Å²) in [4.78, 5) is 17.7. The van der Waals surface area contributed by atoms with Crippen LogP contribution < -0.4 is 16.2 Å². The first-order chi connectivity index (χ1) is 18.3. The number of amides is 1. The molecule has 2 atom stereocenters. The van der Waals surface area contributed by atoms with E-state index in [1.54, 1.807) is 4.90 Å². The number of halogens is 3. The summed E-state index contributed by atoms with van der Waals surface area (Å²) >= 11 is 5.87. The van der Waals surface area contributed by atoms with Crippen molar-refractivity contribution in [1.82, 2.24) is 9.88 Å². The maximum Gasteiger partial charge on any atom is 0.273 e. The smallest absolute Gasteiger partial charge is 0.273 e. The van der Waals surface area contributed by atoms with E-state index in [-0.39, 0.29) is 52.5 Å². The van der Waals surface area contributed by atoms with E-state index in [0.29, 0.717) is 13.0 Å². The molecule has 1 unspecified atom stereocenters. The fraction of sp³-hybridized carbons (Fsp3) is 0.280. The molecule has 1 aliphatic rings. The lowest BCUT2D eigenvalue weighted by Gasteiger charge is -2.24. The Balaban J connectivity index is 1.76. The van der Waals surface area contributed by atoms with Crippen molar-refractivity contribution in [2.24, 2.45) is 5.73 Å². The van der Waals surface area contributed by atoms with E-state index in [2.05, 4.69) is 4.98 Å². The third-order valence-electron chi connectivity index (χ3n) is 6.42. The summed E-state index contributed by atoms with van der Waals surface area (Å²) in [5, 5.41) is 7.95. The number of hydrogen-bond donors (Lipinski definition) is 4. The number of anilines is 1. The minimum atomic E-state index is -4.67. The van der Waals surface area contributed by atoms with Gasteiger partial charge in [0, 0.05) is 42.5 Å². The maximum atomic E-state index is 14.2. The van der Waals surface area contributed by atoms with Crippen molar-refractivity contribution >= 4 is 33.4 Å². The van der Waals surface area contributed by atoms with Crippen LogP contribution in [0.5, 0.6) is 5.75 Å². The standard InChI is InChI=1S/C25H25ClF2N4O6S/c26-23-18(19(27)3-4-20(23)28)12-38-21-8-14(9-31-24(21)29)17-7-13(25(30)34)1-2-16(17)22(39(35,36)37)11-32-6-5-15(33)10-32/h1-4,7-9,15,22,33H,5-6,10-12H2,(H2,29,31)(H2,30,34)(H,35,36,37)/t15-,22?/m1/s1. The Morgan fingerprint density at radius 2 is 1.95 bits per heavy atom. The minimum absolute atomic E-state index is 0.0485. The number of pyridine rings is 1. The molecule has 4 rings (SSSR count). The molecule has 1 saturated heterocycles. The Labute approximate surface area is 227 Å². The summed E-state index contributed by atoms with van der Waals surface area (Å²) in [7, 11) is -4.67. The number of rotatable bonds is 9. The molecule has 0 spiro atoms. The molecule has 1 aromatic heterocycles. The number of carbonyl (C=O) groups excluding carboxylic acids is 1. The van der Waals surface area contributed by atoms with Gasteiger partial charge in [-0.15, -0.1) is 0 Å². The highest BCUT2D eigenvalue weighted by molar-refractivity contribution is 7.86. The molecule has 1 amide bonds. The molecular weight excluding hydrogens is 558 g/mol. The number of carbonyl (C=O) groups is 1. The lowest BCUT2D eigenvalue weighted by molar-refractivity contribution is 0.1000. The van der Waals surface area contributed by atoms with Crippen molar-refractivity contribution in [2.75, 3.05) is 25.4 Å². The highest BCUT2D eigenvalue weighted by Crippen LogP contribution is 2.37. The number of ether oxygens (including phenoxy) is 1. The van der Waals surface area contributed by atoms with Gasteiger partial charge in [0.25, 0.3) is 10.1 Å². The van der Waals surface area contributed by atoms with Gasteiger partial charge >= 0.3 is 0 Å². The predicted octanol–water partition coefficient (Wildman–Crippen LogP) is 2.94. The van der Waals surface area contributed by atoms with Crippen molar-refractivity contribution < 1.29 is 36.4 Å². The van der Waals surface area contributed by atoms with E-state index in [4.69, 9.17) is 27.8 Å². The van der Waals surface area contributed by atoms with Gasteiger partial charge in [0.2, 0.25) is 5.91 Å². The van der Waals surface area contributed by atoms with E-state index in [0.717, 1.165) is 12.1 Å². The zero-order chi connectivity index (χ0) is 28.5. The van der Waals surface area contributed by atoms with Crippen LogP contribution in [0, 0.1) is 11.6 Å². The molecule has 10 nitrogen and oxygen atoms in total. The van der Waals surface area contributed by atoms with Gasteiger partial charge in [-0.25, -0.2) is 13.8 Å². The second-order valence-corrected chi connectivity index (χ2v) is 11.1. The van der Waals surface area contributed by atoms with Crippen LogP contribution in [-0.2, 0) is 16.7 Å². The second kappa shape index (κ2) is 11.4. The van der Waals surface area contributed by atoms with Crippen molar-refractivity contribution in [3.63, 3.8) is 0 Å². The first-order valence-corrected chi connectivity index (χ1v) is 13.5. The van der Waals surface area contributed by atoms with Crippen LogP contribution in [-0.4, -0.2) is 59.6 Å². The number of nitrogens with zero attached hydrogens (tertiary/aromatic N) is 2. The van der Waals surface area contributed by atoms with Gasteiger partial charge in [-0.05, 0) is 47.9 Å². The number of nitrogen functional groups attached to an aromatic ring is 1. The molecule has 0 saturated carbocycles. The Kier molecular flexibility index (Phi) is 8.37. The van der Waals surface area contributed by atoms with Crippen LogP contribution in [0.15, 0.2) is 42.6 Å². The summed E-state index contributed by atoms with van der Waals surface area (Å²) in [6, 6.07) is 7.18. The van der Waals surface area contributed by atoms with Crippen LogP contribution in [0.2, 0.25) is 5.02 Å². The minimum Gasteiger partial charge on any atom is -0.485 e. The molecule has 39 heavy (non-hydrogen) atoms. The third kappa shape index (κ3) is 6.45. The average Bonchev–Trinajstić information content (AvgIpc) is 3.29. The van der Waals surface area contributed by atoms with Gasteiger partial charge < -0.3 is 21.3 Å². The van der Waals surface area contributed by atoms with Crippen molar-refractivity contribution in [1.29, 1.82) is 0 Å². The predicted molar refractivity (Wildman–Crippen MR) is 140 cm³/mol. The average molecular weight is 583 g/mol. The number of aromatic nitrogens is 1. The number of likely N-dealkylation sites (tertiary alicyclic amines) is 1. The number of β-amino-alcohol motifs (C(OH)–C–C–N with tert-alkyl or cyclic N) is 1. The number of aliphatic hydroxyl groups excluding tert-OH is 1. The number of hydrogen-bond acceptors (Lipinski definition) is 8. The van der Waals surface area contributed by atoms with Crippen molar-refractivity contribution in [3.05, 3.63) is 75.9 Å². The largest absolute Gasteiger partial charge is 0.485 e. The second-order valence-electron chi connectivity index (χ2n) is 9.09. The van der Waals surface area contributed by atoms with Crippen LogP contribution in [0.1, 0.15) is 33.2 Å². The van der Waals surface area contributed by atoms with E-state index < -0.39 is 50.6 Å². The highest BCUT2D eigenvalue weighted by atomic mass is 35.5. The first kappa shape index (κ1) is 28.6. The molecule has 2 aromatic carbocycles. The van der Waals surface area contributed by atoms with Crippen molar-refractivity contribution in [2.45, 2.75) is 24.4 Å². The Hall–Kier alpha value is -3.36. The molecule has 1 aliphatic heterocycles. The summed E-state index contributed by atoms with van der Waals surface area (Å²) in [5.41, 5.74) is 11.7. The highest BCUT2D eigenvalue weighted by Gasteiger charge is 2.33. The molecule has 2 heterocycles. The number of nitrogens with two attached hydrogens (primary N) is 2. The topological polar surface area (TPSA) is 169 Å². The van der Waals surface area contributed by atoms with Gasteiger partial charge in [-0.1, -0.05) is 17.7 Å². The molecule has 1 fully saturated rings. The number of primary amides is 1. The summed E-state index contributed by atoms with van der Waals surface area (Å²) in [6.45, 7) is 0.00261. The van der Waals surface area contributed by atoms with Crippen LogP contribution >= 0.6 is 11.6 Å². The van der Waals surface area contributed by atoms with E-state index in [1.807, 2.05) is 0 Å². The monoisotopic (exact) mass is 582 g/mol. The molecule has 0 bridgehead atoms. The maximum absolute atomic E-state index is 14.2. The normalized spacial score (nSPS) is 16.8. The van der Waals surface area contributed by atoms with E-state index in [1.165, 1.54) is 30.5 Å². The zero-order valence-electron chi connectivity index (χ0n) is 20.4. The lowest BCUT2D eigenvalue weighted by Crippen LogP contribution is -2.31. The third-order valence-corrected chi connectivity index (χ3v) is 7.95. The van der Waals surface area contributed by atoms with Gasteiger partial charge in [0.15, 0.2) is 11.6 Å². The molecule has 14 heteroatoms. The Bertz CT molecular complexity index is 1520. The van der Waals surface area contributed by atoms with Gasteiger partial charge in [0.05, 0.1) is 11.1 Å². The summed E-state index contributed by atoms with van der Waals surface area (Å²) < 4.78 is 68.8. The molecule has 208 valence electrons. The van der Waals surface area contributed by atoms with Crippen molar-refractivity contribution in [3.8, 4) is 16.9 Å². The fourth-order valence-electron chi connectivity index (χ4n) is 4.38. The molecule has 3 aromatic rings.